The Kier molecular flexibility index (Phi) is 9.46. The molecule has 2 aromatic rings. The van der Waals surface area contributed by atoms with Gasteiger partial charge in [-0.3, -0.25) is 14.5 Å². The second-order valence-corrected chi connectivity index (χ2v) is 10.6. The van der Waals surface area contributed by atoms with E-state index in [9.17, 15) is 9.59 Å². The zero-order valence-corrected chi connectivity index (χ0v) is 23.0. The van der Waals surface area contributed by atoms with Crippen molar-refractivity contribution < 1.29 is 19.1 Å². The summed E-state index contributed by atoms with van der Waals surface area (Å²) in [4.78, 5) is 32.2. The molecule has 2 aromatic carbocycles. The standard InChI is InChI=1S/C28H33N3O4S2/c1-34-23-13-12-21(19-24(23)35-2)20-25-27(33)31(28(36)37-25)14-8-4-7-11-26(32)30-17-15-29(16-18-30)22-9-5-3-6-10-22/h3,5-6,9-10,12-13,19-20H,4,7-8,11,14-18H2,1-2H3. The summed E-state index contributed by atoms with van der Waals surface area (Å²) < 4.78 is 11.2. The molecule has 0 aliphatic carbocycles. The Morgan fingerprint density at radius 2 is 1.70 bits per heavy atom. The van der Waals surface area contributed by atoms with Gasteiger partial charge in [0.2, 0.25) is 5.91 Å². The molecular formula is C28H33N3O4S2. The summed E-state index contributed by atoms with van der Waals surface area (Å²) in [6.45, 7) is 3.81. The van der Waals surface area contributed by atoms with Crippen molar-refractivity contribution in [2.45, 2.75) is 25.7 Å². The first-order chi connectivity index (χ1) is 18.0. The summed E-state index contributed by atoms with van der Waals surface area (Å²) in [5.74, 6) is 1.40. The smallest absolute Gasteiger partial charge is 0.266 e. The van der Waals surface area contributed by atoms with E-state index in [0.717, 1.165) is 51.0 Å². The molecule has 2 saturated heterocycles. The fourth-order valence-electron chi connectivity index (χ4n) is 4.52. The average molecular weight is 540 g/mol. The molecule has 0 bridgehead atoms. The summed E-state index contributed by atoms with van der Waals surface area (Å²) in [6, 6.07) is 15.9. The minimum atomic E-state index is -0.0721. The van der Waals surface area contributed by atoms with Crippen molar-refractivity contribution in [2.75, 3.05) is 51.8 Å². The largest absolute Gasteiger partial charge is 0.493 e. The molecular weight excluding hydrogens is 506 g/mol. The van der Waals surface area contributed by atoms with E-state index < -0.39 is 0 Å². The first-order valence-corrected chi connectivity index (χ1v) is 13.8. The lowest BCUT2D eigenvalue weighted by atomic mass is 10.1. The van der Waals surface area contributed by atoms with Crippen LogP contribution in [0.25, 0.3) is 6.08 Å². The number of thioether (sulfide) groups is 1. The fraction of sp³-hybridized carbons (Fsp3) is 0.393. The number of benzene rings is 2. The lowest BCUT2D eigenvalue weighted by Crippen LogP contribution is -2.48. The number of carbonyl (C=O) groups excluding carboxylic acids is 2. The number of hydrogen-bond donors (Lipinski definition) is 0. The van der Waals surface area contributed by atoms with Crippen molar-refractivity contribution in [3.8, 4) is 11.5 Å². The summed E-state index contributed by atoms with van der Waals surface area (Å²) in [7, 11) is 3.17. The number of methoxy groups -OCH3 is 2. The maximum Gasteiger partial charge on any atom is 0.266 e. The number of nitrogens with zero attached hydrogens (tertiary/aromatic N) is 3. The molecule has 2 aliphatic heterocycles. The molecule has 37 heavy (non-hydrogen) atoms. The molecule has 196 valence electrons. The number of piperazine rings is 1. The lowest BCUT2D eigenvalue weighted by molar-refractivity contribution is -0.131. The van der Waals surface area contributed by atoms with Gasteiger partial charge in [-0.1, -0.05) is 54.7 Å². The van der Waals surface area contributed by atoms with Crippen molar-refractivity contribution in [3.05, 3.63) is 59.0 Å². The molecule has 2 fully saturated rings. The van der Waals surface area contributed by atoms with Crippen molar-refractivity contribution >= 4 is 51.9 Å². The van der Waals surface area contributed by atoms with E-state index in [1.807, 2.05) is 47.4 Å². The molecule has 2 heterocycles. The number of unbranched alkanes of at least 4 members (excludes halogenated alkanes) is 2. The van der Waals surface area contributed by atoms with Gasteiger partial charge in [0.15, 0.2) is 11.5 Å². The van der Waals surface area contributed by atoms with Gasteiger partial charge >= 0.3 is 0 Å². The van der Waals surface area contributed by atoms with Crippen LogP contribution in [0.3, 0.4) is 0 Å². The number of thiocarbonyl (C=S) groups is 1. The van der Waals surface area contributed by atoms with Crippen LogP contribution in [0.2, 0.25) is 0 Å². The highest BCUT2D eigenvalue weighted by atomic mass is 32.2. The van der Waals surface area contributed by atoms with E-state index in [-0.39, 0.29) is 11.8 Å². The third kappa shape index (κ3) is 6.84. The summed E-state index contributed by atoms with van der Waals surface area (Å²) in [5.41, 5.74) is 2.06. The van der Waals surface area contributed by atoms with Crippen LogP contribution in [0, 0.1) is 0 Å². The van der Waals surface area contributed by atoms with Crippen LogP contribution < -0.4 is 14.4 Å². The van der Waals surface area contributed by atoms with Gasteiger partial charge in [-0.2, -0.15) is 0 Å². The molecule has 7 nitrogen and oxygen atoms in total. The molecule has 0 spiro atoms. The quantitative estimate of drug-likeness (QED) is 0.244. The van der Waals surface area contributed by atoms with Crippen LogP contribution in [0.4, 0.5) is 5.69 Å². The van der Waals surface area contributed by atoms with Gasteiger partial charge in [0.25, 0.3) is 5.91 Å². The van der Waals surface area contributed by atoms with E-state index in [1.165, 1.54) is 17.4 Å². The molecule has 4 rings (SSSR count). The molecule has 0 N–H and O–H groups in total. The van der Waals surface area contributed by atoms with Crippen LogP contribution in [0.15, 0.2) is 53.4 Å². The highest BCUT2D eigenvalue weighted by Gasteiger charge is 2.31. The molecule has 0 atom stereocenters. The van der Waals surface area contributed by atoms with E-state index in [0.29, 0.717) is 33.7 Å². The number of amides is 2. The SMILES string of the molecule is COc1ccc(C=C2SC(=S)N(CCCCCC(=O)N3CCN(c4ccccc4)CC3)C2=O)cc1OC. The van der Waals surface area contributed by atoms with E-state index in [1.54, 1.807) is 19.1 Å². The predicted octanol–water partition coefficient (Wildman–Crippen LogP) is 4.81. The maximum absolute atomic E-state index is 12.9. The minimum absolute atomic E-state index is 0.0721. The average Bonchev–Trinajstić information content (AvgIpc) is 3.20. The molecule has 2 aliphatic rings. The summed E-state index contributed by atoms with van der Waals surface area (Å²) >= 11 is 6.78. The van der Waals surface area contributed by atoms with Crippen molar-refractivity contribution in [1.29, 1.82) is 0 Å². The van der Waals surface area contributed by atoms with Gasteiger partial charge in [-0.15, -0.1) is 0 Å². The number of carbonyl (C=O) groups is 2. The van der Waals surface area contributed by atoms with E-state index in [4.69, 9.17) is 21.7 Å². The number of anilines is 1. The Bertz CT molecular complexity index is 1150. The van der Waals surface area contributed by atoms with Crippen molar-refractivity contribution in [1.82, 2.24) is 9.80 Å². The predicted molar refractivity (Wildman–Crippen MR) is 153 cm³/mol. The number of ether oxygens (including phenoxy) is 2. The van der Waals surface area contributed by atoms with Crippen molar-refractivity contribution in [3.63, 3.8) is 0 Å². The van der Waals surface area contributed by atoms with Crippen LogP contribution in [0.1, 0.15) is 31.2 Å². The topological polar surface area (TPSA) is 62.3 Å². The van der Waals surface area contributed by atoms with Gasteiger partial charge < -0.3 is 19.3 Å². The lowest BCUT2D eigenvalue weighted by Gasteiger charge is -2.36. The van der Waals surface area contributed by atoms with Crippen molar-refractivity contribution in [2.24, 2.45) is 0 Å². The fourth-order valence-corrected chi connectivity index (χ4v) is 5.83. The van der Waals surface area contributed by atoms with Gasteiger partial charge in [-0.05, 0) is 48.7 Å². The minimum Gasteiger partial charge on any atom is -0.493 e. The zero-order chi connectivity index (χ0) is 26.2. The van der Waals surface area contributed by atoms with Crippen LogP contribution >= 0.6 is 24.0 Å². The third-order valence-electron chi connectivity index (χ3n) is 6.61. The van der Waals surface area contributed by atoms with Crippen LogP contribution in [-0.2, 0) is 9.59 Å². The number of hydrogen-bond acceptors (Lipinski definition) is 7. The number of para-hydroxylation sites is 1. The van der Waals surface area contributed by atoms with E-state index >= 15 is 0 Å². The Morgan fingerprint density at radius 3 is 2.41 bits per heavy atom. The summed E-state index contributed by atoms with van der Waals surface area (Å²) in [5, 5.41) is 0. The Morgan fingerprint density at radius 1 is 0.973 bits per heavy atom. The van der Waals surface area contributed by atoms with E-state index in [2.05, 4.69) is 17.0 Å². The Hall–Kier alpha value is -3.04. The number of rotatable bonds is 10. The molecule has 0 radical (unpaired) electrons. The first-order valence-electron chi connectivity index (χ1n) is 12.6. The van der Waals surface area contributed by atoms with Gasteiger partial charge in [0, 0.05) is 44.8 Å². The monoisotopic (exact) mass is 539 g/mol. The first kappa shape index (κ1) is 27.0. The highest BCUT2D eigenvalue weighted by Crippen LogP contribution is 2.35. The highest BCUT2D eigenvalue weighted by molar-refractivity contribution is 8.26. The molecule has 2 amide bonds. The Labute approximate surface area is 228 Å². The summed E-state index contributed by atoms with van der Waals surface area (Å²) in [6.07, 6.45) is 4.88. The Balaban J connectivity index is 1.18. The molecule has 0 saturated carbocycles. The second kappa shape index (κ2) is 13.0. The second-order valence-electron chi connectivity index (χ2n) is 8.96. The molecule has 0 unspecified atom stereocenters. The van der Waals surface area contributed by atoms with Gasteiger partial charge in [0.05, 0.1) is 19.1 Å². The third-order valence-corrected chi connectivity index (χ3v) is 7.98. The van der Waals surface area contributed by atoms with Crippen LogP contribution in [-0.4, -0.2) is 72.9 Å². The zero-order valence-electron chi connectivity index (χ0n) is 21.4. The van der Waals surface area contributed by atoms with Crippen LogP contribution in [0.5, 0.6) is 11.5 Å². The normalized spacial score (nSPS) is 17.0. The molecule has 9 heteroatoms. The molecule has 0 aromatic heterocycles. The maximum atomic E-state index is 12.9. The van der Waals surface area contributed by atoms with Gasteiger partial charge in [0.1, 0.15) is 4.32 Å². The van der Waals surface area contributed by atoms with Gasteiger partial charge in [-0.25, -0.2) is 0 Å².